The van der Waals surface area contributed by atoms with Crippen LogP contribution in [0.3, 0.4) is 0 Å². The van der Waals surface area contributed by atoms with Crippen LogP contribution in [-0.4, -0.2) is 26.2 Å². The maximum atomic E-state index is 12.5. The molecule has 118 valence electrons. The van der Waals surface area contributed by atoms with Gasteiger partial charge in [0.05, 0.1) is 19.6 Å². The predicted molar refractivity (Wildman–Crippen MR) is 87.5 cm³/mol. The zero-order valence-electron chi connectivity index (χ0n) is 12.9. The molecule has 0 saturated carbocycles. The summed E-state index contributed by atoms with van der Waals surface area (Å²) in [4.78, 5) is 14.0. The molecule has 23 heavy (non-hydrogen) atoms. The lowest BCUT2D eigenvalue weighted by molar-refractivity contribution is -0.120. The van der Waals surface area contributed by atoms with Crippen LogP contribution in [0.15, 0.2) is 54.6 Å². The topological polar surface area (TPSA) is 62.6 Å². The van der Waals surface area contributed by atoms with Gasteiger partial charge in [0.25, 0.3) is 5.91 Å². The number of rotatable bonds is 7. The van der Waals surface area contributed by atoms with Crippen LogP contribution >= 0.6 is 0 Å². The molecule has 0 saturated heterocycles. The first kappa shape index (κ1) is 16.4. The highest BCUT2D eigenvalue weighted by Crippen LogP contribution is 2.26. The smallest absolute Gasteiger partial charge is 0.264 e. The minimum absolute atomic E-state index is 0.124. The van der Waals surface area contributed by atoms with Crippen molar-refractivity contribution in [3.8, 4) is 17.6 Å². The largest absolute Gasteiger partial charge is 0.493 e. The average molecular weight is 310 g/mol. The lowest BCUT2D eigenvalue weighted by Crippen LogP contribution is -2.35. The molecule has 0 heterocycles. The Morgan fingerprint density at radius 1 is 1.09 bits per heavy atom. The Labute approximate surface area is 135 Å². The van der Waals surface area contributed by atoms with E-state index in [1.54, 1.807) is 24.1 Å². The van der Waals surface area contributed by atoms with E-state index in [-0.39, 0.29) is 18.9 Å². The molecule has 0 bridgehead atoms. The van der Waals surface area contributed by atoms with Crippen molar-refractivity contribution in [1.82, 2.24) is 0 Å². The van der Waals surface area contributed by atoms with Crippen molar-refractivity contribution in [2.75, 3.05) is 25.2 Å². The molecule has 0 radical (unpaired) electrons. The standard InChI is InChI=1S/C18H18N2O3/c1-22-16-10-5-6-11-17(16)23-14-18(21)20(13-7-12-19)15-8-3-2-4-9-15/h2-6,8-11H,7,13-14H2,1H3. The minimum atomic E-state index is -0.211. The molecule has 2 rings (SSSR count). The summed E-state index contributed by atoms with van der Waals surface area (Å²) < 4.78 is 10.8. The van der Waals surface area contributed by atoms with Gasteiger partial charge < -0.3 is 14.4 Å². The summed E-state index contributed by atoms with van der Waals surface area (Å²) in [5.41, 5.74) is 0.747. The molecular formula is C18H18N2O3. The summed E-state index contributed by atoms with van der Waals surface area (Å²) in [6, 6.07) is 18.5. The second kappa shape index (κ2) is 8.44. The van der Waals surface area contributed by atoms with Crippen molar-refractivity contribution >= 4 is 11.6 Å². The quantitative estimate of drug-likeness (QED) is 0.788. The van der Waals surface area contributed by atoms with E-state index in [4.69, 9.17) is 14.7 Å². The van der Waals surface area contributed by atoms with E-state index in [0.717, 1.165) is 5.69 Å². The van der Waals surface area contributed by atoms with E-state index < -0.39 is 0 Å². The van der Waals surface area contributed by atoms with E-state index >= 15 is 0 Å². The van der Waals surface area contributed by atoms with E-state index in [9.17, 15) is 4.79 Å². The van der Waals surface area contributed by atoms with Gasteiger partial charge in [0.1, 0.15) is 0 Å². The normalized spacial score (nSPS) is 9.74. The first-order valence-electron chi connectivity index (χ1n) is 7.24. The Bertz CT molecular complexity index is 680. The average Bonchev–Trinajstić information content (AvgIpc) is 2.61. The van der Waals surface area contributed by atoms with Crippen LogP contribution in [0.4, 0.5) is 5.69 Å². The summed E-state index contributed by atoms with van der Waals surface area (Å²) >= 11 is 0. The Hall–Kier alpha value is -3.00. The Balaban J connectivity index is 2.07. The Kier molecular flexibility index (Phi) is 6.01. The molecule has 0 spiro atoms. The molecule has 0 aliphatic carbocycles. The summed E-state index contributed by atoms with van der Waals surface area (Å²) in [6.45, 7) is 0.204. The fourth-order valence-electron chi connectivity index (χ4n) is 2.12. The van der Waals surface area contributed by atoms with Gasteiger partial charge in [-0.1, -0.05) is 30.3 Å². The van der Waals surface area contributed by atoms with Crippen LogP contribution in [0, 0.1) is 11.3 Å². The van der Waals surface area contributed by atoms with Gasteiger partial charge in [-0.05, 0) is 24.3 Å². The zero-order valence-corrected chi connectivity index (χ0v) is 12.9. The number of nitriles is 1. The molecule has 0 fully saturated rings. The van der Waals surface area contributed by atoms with Crippen LogP contribution in [-0.2, 0) is 4.79 Å². The van der Waals surface area contributed by atoms with Crippen LogP contribution < -0.4 is 14.4 Å². The molecule has 5 nitrogen and oxygen atoms in total. The number of para-hydroxylation sites is 3. The molecule has 0 aliphatic rings. The summed E-state index contributed by atoms with van der Waals surface area (Å²) in [5.74, 6) is 0.873. The second-order valence-corrected chi connectivity index (χ2v) is 4.73. The monoisotopic (exact) mass is 310 g/mol. The van der Waals surface area contributed by atoms with Gasteiger partial charge in [0, 0.05) is 12.2 Å². The number of hydrogen-bond donors (Lipinski definition) is 0. The van der Waals surface area contributed by atoms with Gasteiger partial charge >= 0.3 is 0 Å². The van der Waals surface area contributed by atoms with Crippen molar-refractivity contribution in [2.24, 2.45) is 0 Å². The Morgan fingerprint density at radius 2 is 1.74 bits per heavy atom. The van der Waals surface area contributed by atoms with Crippen molar-refractivity contribution in [2.45, 2.75) is 6.42 Å². The summed E-state index contributed by atoms with van der Waals surface area (Å²) in [6.07, 6.45) is 0.259. The predicted octanol–water partition coefficient (Wildman–Crippen LogP) is 3.02. The van der Waals surface area contributed by atoms with Gasteiger partial charge in [-0.25, -0.2) is 0 Å². The Morgan fingerprint density at radius 3 is 2.39 bits per heavy atom. The summed E-state index contributed by atoms with van der Waals surface area (Å²) in [7, 11) is 1.55. The number of carbonyl (C=O) groups is 1. The number of hydrogen-bond acceptors (Lipinski definition) is 4. The molecule has 0 aromatic heterocycles. The van der Waals surface area contributed by atoms with Crippen LogP contribution in [0.25, 0.3) is 0 Å². The summed E-state index contributed by atoms with van der Waals surface area (Å²) in [5, 5.41) is 8.78. The first-order chi connectivity index (χ1) is 11.3. The van der Waals surface area contributed by atoms with Gasteiger partial charge in [-0.3, -0.25) is 4.79 Å². The third-order valence-corrected chi connectivity index (χ3v) is 3.24. The third-order valence-electron chi connectivity index (χ3n) is 3.24. The highest BCUT2D eigenvalue weighted by Gasteiger charge is 2.16. The maximum absolute atomic E-state index is 12.5. The molecule has 0 atom stereocenters. The maximum Gasteiger partial charge on any atom is 0.264 e. The fourth-order valence-corrected chi connectivity index (χ4v) is 2.12. The van der Waals surface area contributed by atoms with E-state index in [1.165, 1.54) is 0 Å². The highest BCUT2D eigenvalue weighted by atomic mass is 16.5. The van der Waals surface area contributed by atoms with Crippen molar-refractivity contribution < 1.29 is 14.3 Å². The van der Waals surface area contributed by atoms with Gasteiger partial charge in [-0.15, -0.1) is 0 Å². The van der Waals surface area contributed by atoms with Gasteiger partial charge in [0.2, 0.25) is 0 Å². The van der Waals surface area contributed by atoms with Crippen LogP contribution in [0.1, 0.15) is 6.42 Å². The number of benzene rings is 2. The number of ether oxygens (including phenoxy) is 2. The van der Waals surface area contributed by atoms with Crippen molar-refractivity contribution in [3.63, 3.8) is 0 Å². The molecule has 1 amide bonds. The third kappa shape index (κ3) is 4.48. The van der Waals surface area contributed by atoms with Crippen LogP contribution in [0.2, 0.25) is 0 Å². The molecule has 5 heteroatoms. The van der Waals surface area contributed by atoms with E-state index in [1.807, 2.05) is 42.5 Å². The highest BCUT2D eigenvalue weighted by molar-refractivity contribution is 5.94. The number of carbonyl (C=O) groups excluding carboxylic acids is 1. The van der Waals surface area contributed by atoms with Gasteiger partial charge in [0.15, 0.2) is 18.1 Å². The zero-order chi connectivity index (χ0) is 16.5. The number of anilines is 1. The minimum Gasteiger partial charge on any atom is -0.493 e. The molecule has 2 aromatic carbocycles. The molecule has 2 aromatic rings. The van der Waals surface area contributed by atoms with Crippen LogP contribution in [0.5, 0.6) is 11.5 Å². The second-order valence-electron chi connectivity index (χ2n) is 4.73. The van der Waals surface area contributed by atoms with Crippen molar-refractivity contribution in [3.05, 3.63) is 54.6 Å². The van der Waals surface area contributed by atoms with E-state index in [2.05, 4.69) is 6.07 Å². The first-order valence-corrected chi connectivity index (χ1v) is 7.24. The van der Waals surface area contributed by atoms with Gasteiger partial charge in [-0.2, -0.15) is 5.26 Å². The number of methoxy groups -OCH3 is 1. The fraction of sp³-hybridized carbons (Fsp3) is 0.222. The van der Waals surface area contributed by atoms with Crippen molar-refractivity contribution in [1.29, 1.82) is 5.26 Å². The van der Waals surface area contributed by atoms with E-state index in [0.29, 0.717) is 18.0 Å². The SMILES string of the molecule is COc1ccccc1OCC(=O)N(CCC#N)c1ccccc1. The lowest BCUT2D eigenvalue weighted by atomic mass is 10.2. The number of amides is 1. The molecule has 0 N–H and O–H groups in total. The molecule has 0 aliphatic heterocycles. The lowest BCUT2D eigenvalue weighted by Gasteiger charge is -2.22. The molecular weight excluding hydrogens is 292 g/mol. The molecule has 0 unspecified atom stereocenters. The number of nitrogens with zero attached hydrogens (tertiary/aromatic N) is 2.